The number of fused-ring (bicyclic) bond motifs is 1. The van der Waals surface area contributed by atoms with E-state index in [-0.39, 0.29) is 12.2 Å². The maximum Gasteiger partial charge on any atom is 0.313 e. The number of carbonyl (C=O) groups excluding carboxylic acids is 2. The Bertz CT molecular complexity index is 588. The molecule has 0 saturated carbocycles. The van der Waals surface area contributed by atoms with Crippen LogP contribution in [0.5, 0.6) is 0 Å². The number of carbonyl (C=O) groups is 2. The van der Waals surface area contributed by atoms with Crippen molar-refractivity contribution in [3.8, 4) is 0 Å². The highest BCUT2D eigenvalue weighted by Gasteiger charge is 2.14. The van der Waals surface area contributed by atoms with E-state index in [0.29, 0.717) is 9.90 Å². The largest absolute Gasteiger partial charge is 0.469 e. The van der Waals surface area contributed by atoms with Gasteiger partial charge in [-0.05, 0) is 29.7 Å². The monoisotopic (exact) mass is 268 g/mol. The average molecular weight is 269 g/mol. The first kappa shape index (κ1) is 12.1. The molecule has 1 aromatic carbocycles. The van der Waals surface area contributed by atoms with Crippen LogP contribution < -0.4 is 0 Å². The van der Waals surface area contributed by atoms with Crippen LogP contribution in [0.3, 0.4) is 0 Å². The van der Waals surface area contributed by atoms with E-state index < -0.39 is 5.97 Å². The van der Waals surface area contributed by atoms with E-state index in [4.69, 9.17) is 11.6 Å². The van der Waals surface area contributed by atoms with Crippen LogP contribution in [0.25, 0.3) is 10.1 Å². The molecule has 0 unspecified atom stereocenters. The molecule has 0 saturated heterocycles. The van der Waals surface area contributed by atoms with Crippen LogP contribution in [0.2, 0.25) is 5.02 Å². The number of esters is 1. The Kier molecular flexibility index (Phi) is 3.45. The van der Waals surface area contributed by atoms with Crippen LogP contribution in [0.4, 0.5) is 0 Å². The van der Waals surface area contributed by atoms with E-state index in [1.807, 2.05) is 6.07 Å². The highest BCUT2D eigenvalue weighted by atomic mass is 35.5. The van der Waals surface area contributed by atoms with Gasteiger partial charge in [-0.15, -0.1) is 11.3 Å². The van der Waals surface area contributed by atoms with E-state index >= 15 is 0 Å². The molecule has 0 spiro atoms. The summed E-state index contributed by atoms with van der Waals surface area (Å²) in [5, 5.41) is 1.54. The highest BCUT2D eigenvalue weighted by molar-refractivity contribution is 7.20. The summed E-state index contributed by atoms with van der Waals surface area (Å²) in [5.74, 6) is -0.750. The molecule has 0 fully saturated rings. The van der Waals surface area contributed by atoms with Crippen LogP contribution in [-0.4, -0.2) is 18.9 Å². The quantitative estimate of drug-likeness (QED) is 0.487. The molecule has 0 aliphatic carbocycles. The van der Waals surface area contributed by atoms with Crippen molar-refractivity contribution in [2.75, 3.05) is 7.11 Å². The normalized spacial score (nSPS) is 10.5. The van der Waals surface area contributed by atoms with Gasteiger partial charge in [0.2, 0.25) is 0 Å². The van der Waals surface area contributed by atoms with Crippen molar-refractivity contribution in [2.45, 2.75) is 6.42 Å². The summed E-state index contributed by atoms with van der Waals surface area (Å²) in [7, 11) is 1.26. The van der Waals surface area contributed by atoms with Gasteiger partial charge in [0, 0.05) is 9.72 Å². The van der Waals surface area contributed by atoms with Gasteiger partial charge in [0.1, 0.15) is 6.42 Å². The molecule has 0 aliphatic heterocycles. The van der Waals surface area contributed by atoms with Gasteiger partial charge < -0.3 is 4.74 Å². The molecule has 0 amide bonds. The molecule has 1 aromatic heterocycles. The standard InChI is InChI=1S/C12H9ClO3S/c1-16-12(15)6-9(14)11-5-7-4-8(13)2-3-10(7)17-11/h2-5H,6H2,1H3. The molecule has 2 aromatic rings. The first-order valence-corrected chi connectivity index (χ1v) is 6.08. The molecule has 2 rings (SSSR count). The maximum absolute atomic E-state index is 11.7. The fraction of sp³-hybridized carbons (Fsp3) is 0.167. The van der Waals surface area contributed by atoms with E-state index in [1.54, 1.807) is 18.2 Å². The highest BCUT2D eigenvalue weighted by Crippen LogP contribution is 2.28. The summed E-state index contributed by atoms with van der Waals surface area (Å²) in [5.41, 5.74) is 0. The molecule has 3 nitrogen and oxygen atoms in total. The van der Waals surface area contributed by atoms with Crippen molar-refractivity contribution in [3.63, 3.8) is 0 Å². The van der Waals surface area contributed by atoms with Gasteiger partial charge in [-0.25, -0.2) is 0 Å². The average Bonchev–Trinajstić information content (AvgIpc) is 2.71. The van der Waals surface area contributed by atoms with Gasteiger partial charge in [-0.2, -0.15) is 0 Å². The predicted octanol–water partition coefficient (Wildman–Crippen LogP) is 3.30. The minimum atomic E-state index is -0.523. The van der Waals surface area contributed by atoms with Crippen LogP contribution >= 0.6 is 22.9 Å². The summed E-state index contributed by atoms with van der Waals surface area (Å²) in [6.07, 6.45) is -0.225. The van der Waals surface area contributed by atoms with Crippen LogP contribution in [0.1, 0.15) is 16.1 Å². The number of ketones is 1. The molecule has 17 heavy (non-hydrogen) atoms. The lowest BCUT2D eigenvalue weighted by Crippen LogP contribution is -2.07. The molecule has 88 valence electrons. The van der Waals surface area contributed by atoms with E-state index in [0.717, 1.165) is 10.1 Å². The number of thiophene rings is 1. The van der Waals surface area contributed by atoms with Crippen LogP contribution in [0.15, 0.2) is 24.3 Å². The van der Waals surface area contributed by atoms with Crippen molar-refractivity contribution >= 4 is 44.8 Å². The number of Topliss-reactive ketones (excluding diaryl/α,β-unsaturated/α-hetero) is 1. The minimum Gasteiger partial charge on any atom is -0.469 e. The van der Waals surface area contributed by atoms with Gasteiger partial charge in [0.25, 0.3) is 0 Å². The summed E-state index contributed by atoms with van der Waals surface area (Å²) in [6.45, 7) is 0. The molecular weight excluding hydrogens is 260 g/mol. The number of hydrogen-bond donors (Lipinski definition) is 0. The maximum atomic E-state index is 11.7. The molecule has 0 bridgehead atoms. The summed E-state index contributed by atoms with van der Waals surface area (Å²) >= 11 is 7.21. The number of benzene rings is 1. The SMILES string of the molecule is COC(=O)CC(=O)c1cc2cc(Cl)ccc2s1. The molecule has 0 radical (unpaired) electrons. The zero-order valence-electron chi connectivity index (χ0n) is 9.03. The molecule has 0 aliphatic rings. The second kappa shape index (κ2) is 4.85. The summed E-state index contributed by atoms with van der Waals surface area (Å²) in [6, 6.07) is 7.17. The Hall–Kier alpha value is -1.39. The van der Waals surface area contributed by atoms with Crippen molar-refractivity contribution < 1.29 is 14.3 Å². The zero-order valence-corrected chi connectivity index (χ0v) is 10.6. The van der Waals surface area contributed by atoms with Crippen molar-refractivity contribution in [1.29, 1.82) is 0 Å². The van der Waals surface area contributed by atoms with Gasteiger partial charge in [-0.3, -0.25) is 9.59 Å². The fourth-order valence-electron chi connectivity index (χ4n) is 1.44. The van der Waals surface area contributed by atoms with Crippen LogP contribution in [-0.2, 0) is 9.53 Å². The number of halogens is 1. The van der Waals surface area contributed by atoms with Gasteiger partial charge in [0.15, 0.2) is 5.78 Å². The Morgan fingerprint density at radius 3 is 2.82 bits per heavy atom. The lowest BCUT2D eigenvalue weighted by molar-refractivity contribution is -0.139. The number of ether oxygens (including phenoxy) is 1. The third-order valence-corrected chi connectivity index (χ3v) is 3.68. The second-order valence-electron chi connectivity index (χ2n) is 3.47. The lowest BCUT2D eigenvalue weighted by atomic mass is 10.2. The summed E-state index contributed by atoms with van der Waals surface area (Å²) < 4.78 is 5.43. The third kappa shape index (κ3) is 2.65. The molecule has 0 N–H and O–H groups in total. The zero-order chi connectivity index (χ0) is 12.4. The van der Waals surface area contributed by atoms with E-state index in [1.165, 1.54) is 18.4 Å². The number of rotatable bonds is 3. The Balaban J connectivity index is 2.30. The van der Waals surface area contributed by atoms with Crippen molar-refractivity contribution in [3.05, 3.63) is 34.2 Å². The van der Waals surface area contributed by atoms with Crippen molar-refractivity contribution in [1.82, 2.24) is 0 Å². The minimum absolute atomic E-state index is 0.225. The van der Waals surface area contributed by atoms with Crippen LogP contribution in [0, 0.1) is 0 Å². The van der Waals surface area contributed by atoms with E-state index in [9.17, 15) is 9.59 Å². The first-order valence-electron chi connectivity index (χ1n) is 4.89. The van der Waals surface area contributed by atoms with Crippen molar-refractivity contribution in [2.24, 2.45) is 0 Å². The molecule has 0 atom stereocenters. The van der Waals surface area contributed by atoms with Gasteiger partial charge in [0.05, 0.1) is 12.0 Å². The molecular formula is C12H9ClO3S. The number of methoxy groups -OCH3 is 1. The Morgan fingerprint density at radius 1 is 1.35 bits per heavy atom. The predicted molar refractivity (Wildman–Crippen MR) is 67.8 cm³/mol. The fourth-order valence-corrected chi connectivity index (χ4v) is 2.60. The number of hydrogen-bond acceptors (Lipinski definition) is 4. The molecule has 1 heterocycles. The molecule has 5 heteroatoms. The lowest BCUT2D eigenvalue weighted by Gasteiger charge is -1.95. The topological polar surface area (TPSA) is 43.4 Å². The van der Waals surface area contributed by atoms with Gasteiger partial charge >= 0.3 is 5.97 Å². The first-order chi connectivity index (χ1) is 8.10. The Morgan fingerprint density at radius 2 is 2.12 bits per heavy atom. The van der Waals surface area contributed by atoms with Gasteiger partial charge in [-0.1, -0.05) is 11.6 Å². The summed E-state index contributed by atoms with van der Waals surface area (Å²) in [4.78, 5) is 23.3. The Labute approximate surface area is 107 Å². The second-order valence-corrected chi connectivity index (χ2v) is 4.99. The smallest absolute Gasteiger partial charge is 0.313 e. The van der Waals surface area contributed by atoms with E-state index in [2.05, 4.69) is 4.74 Å². The third-order valence-electron chi connectivity index (χ3n) is 2.29.